The molecular weight excluding hydrogens is 272 g/mol. The second-order valence-electron chi connectivity index (χ2n) is 5.89. The van der Waals surface area contributed by atoms with Crippen molar-refractivity contribution in [3.8, 4) is 0 Å². The first-order valence-electron chi connectivity index (χ1n) is 7.68. The van der Waals surface area contributed by atoms with E-state index in [0.29, 0.717) is 5.92 Å². The van der Waals surface area contributed by atoms with Crippen LogP contribution in [0.15, 0.2) is 42.5 Å². The number of hydrogen-bond acceptors (Lipinski definition) is 2. The van der Waals surface area contributed by atoms with Gasteiger partial charge < -0.3 is 10.6 Å². The molecule has 22 heavy (non-hydrogen) atoms. The van der Waals surface area contributed by atoms with Crippen LogP contribution in [0.25, 0.3) is 0 Å². The van der Waals surface area contributed by atoms with Gasteiger partial charge in [0.25, 0.3) is 0 Å². The number of aryl methyl sites for hydroxylation is 1. The van der Waals surface area contributed by atoms with Crippen LogP contribution in [0, 0.1) is 13.8 Å². The number of hydrogen-bond donors (Lipinski definition) is 2. The molecule has 0 heterocycles. The molecule has 2 rings (SSSR count). The molecule has 3 nitrogen and oxygen atoms in total. The van der Waals surface area contributed by atoms with Gasteiger partial charge in [-0.3, -0.25) is 4.79 Å². The van der Waals surface area contributed by atoms with Crippen LogP contribution in [-0.2, 0) is 4.79 Å². The lowest BCUT2D eigenvalue weighted by Crippen LogP contribution is -2.22. The summed E-state index contributed by atoms with van der Waals surface area (Å²) in [4.78, 5) is 12.2. The molecule has 1 amide bonds. The Balaban J connectivity index is 2.01. The zero-order valence-electron chi connectivity index (χ0n) is 13.7. The van der Waals surface area contributed by atoms with Gasteiger partial charge in [-0.25, -0.2) is 0 Å². The molecule has 0 aromatic heterocycles. The fourth-order valence-corrected chi connectivity index (χ4v) is 2.43. The van der Waals surface area contributed by atoms with Crippen LogP contribution in [0.4, 0.5) is 11.4 Å². The van der Waals surface area contributed by atoms with Gasteiger partial charge in [-0.2, -0.15) is 0 Å². The second-order valence-corrected chi connectivity index (χ2v) is 5.89. The lowest BCUT2D eigenvalue weighted by atomic mass is 10.0. The number of rotatable bonds is 5. The highest BCUT2D eigenvalue weighted by molar-refractivity contribution is 5.94. The first-order chi connectivity index (χ1) is 10.5. The predicted octanol–water partition coefficient (Wildman–Crippen LogP) is 4.48. The Bertz CT molecular complexity index is 662. The average Bonchev–Trinajstić information content (AvgIpc) is 2.49. The molecule has 0 radical (unpaired) electrons. The summed E-state index contributed by atoms with van der Waals surface area (Å²) in [6, 6.07) is 14.0. The minimum absolute atomic E-state index is 0.0333. The van der Waals surface area contributed by atoms with E-state index in [0.717, 1.165) is 16.9 Å². The maximum absolute atomic E-state index is 12.2. The fourth-order valence-electron chi connectivity index (χ4n) is 2.43. The normalized spacial score (nSPS) is 10.6. The Morgan fingerprint density at radius 1 is 1.00 bits per heavy atom. The van der Waals surface area contributed by atoms with Crippen molar-refractivity contribution in [2.75, 3.05) is 17.2 Å². The highest BCUT2D eigenvalue weighted by atomic mass is 16.1. The summed E-state index contributed by atoms with van der Waals surface area (Å²) in [6.07, 6.45) is 0. The SMILES string of the molecule is Cc1cccc(NCC(=O)Nc2ccccc2C(C)C)c1C. The number of carbonyl (C=O) groups is 1. The van der Waals surface area contributed by atoms with Crippen molar-refractivity contribution in [1.82, 2.24) is 0 Å². The molecule has 0 spiro atoms. The Morgan fingerprint density at radius 3 is 2.41 bits per heavy atom. The van der Waals surface area contributed by atoms with Crippen LogP contribution >= 0.6 is 0 Å². The molecule has 0 saturated carbocycles. The third-order valence-electron chi connectivity index (χ3n) is 3.90. The van der Waals surface area contributed by atoms with Gasteiger partial charge in [0.2, 0.25) is 5.91 Å². The molecule has 0 aliphatic heterocycles. The Hall–Kier alpha value is -2.29. The Labute approximate surface area is 132 Å². The summed E-state index contributed by atoms with van der Waals surface area (Å²) in [5, 5.41) is 6.21. The van der Waals surface area contributed by atoms with Gasteiger partial charge in [0.1, 0.15) is 0 Å². The molecule has 3 heteroatoms. The van der Waals surface area contributed by atoms with E-state index in [9.17, 15) is 4.79 Å². The summed E-state index contributed by atoms with van der Waals surface area (Å²) >= 11 is 0. The van der Waals surface area contributed by atoms with Gasteiger partial charge in [0.15, 0.2) is 0 Å². The van der Waals surface area contributed by atoms with Crippen molar-refractivity contribution in [2.45, 2.75) is 33.6 Å². The Morgan fingerprint density at radius 2 is 1.68 bits per heavy atom. The lowest BCUT2D eigenvalue weighted by Gasteiger charge is -2.15. The predicted molar refractivity (Wildman–Crippen MR) is 93.6 cm³/mol. The number of carbonyl (C=O) groups excluding carboxylic acids is 1. The molecule has 2 N–H and O–H groups in total. The zero-order chi connectivity index (χ0) is 16.1. The van der Waals surface area contributed by atoms with E-state index >= 15 is 0 Å². The van der Waals surface area contributed by atoms with E-state index in [1.165, 1.54) is 11.1 Å². The topological polar surface area (TPSA) is 41.1 Å². The molecule has 0 atom stereocenters. The molecule has 2 aromatic rings. The van der Waals surface area contributed by atoms with E-state index < -0.39 is 0 Å². The van der Waals surface area contributed by atoms with Crippen LogP contribution < -0.4 is 10.6 Å². The standard InChI is InChI=1S/C19H24N2O/c1-13(2)16-9-5-6-10-18(16)21-19(22)12-20-17-11-7-8-14(3)15(17)4/h5-11,13,20H,12H2,1-4H3,(H,21,22). The molecule has 0 saturated heterocycles. The number of anilines is 2. The number of benzene rings is 2. The molecule has 0 aliphatic rings. The highest BCUT2D eigenvalue weighted by Crippen LogP contribution is 2.23. The van der Waals surface area contributed by atoms with Gasteiger partial charge in [-0.15, -0.1) is 0 Å². The van der Waals surface area contributed by atoms with Crippen LogP contribution in [-0.4, -0.2) is 12.5 Å². The average molecular weight is 296 g/mol. The first-order valence-corrected chi connectivity index (χ1v) is 7.68. The molecular formula is C19H24N2O. The van der Waals surface area contributed by atoms with Crippen molar-refractivity contribution >= 4 is 17.3 Å². The van der Waals surface area contributed by atoms with Crippen LogP contribution in [0.5, 0.6) is 0 Å². The number of para-hydroxylation sites is 1. The molecule has 0 aliphatic carbocycles. The molecule has 0 unspecified atom stereocenters. The van der Waals surface area contributed by atoms with Crippen LogP contribution in [0.2, 0.25) is 0 Å². The van der Waals surface area contributed by atoms with Crippen molar-refractivity contribution in [3.63, 3.8) is 0 Å². The maximum atomic E-state index is 12.2. The van der Waals surface area contributed by atoms with Crippen LogP contribution in [0.1, 0.15) is 36.5 Å². The third-order valence-corrected chi connectivity index (χ3v) is 3.90. The van der Waals surface area contributed by atoms with Crippen molar-refractivity contribution in [1.29, 1.82) is 0 Å². The Kier molecular flexibility index (Phi) is 5.21. The zero-order valence-corrected chi connectivity index (χ0v) is 13.7. The minimum Gasteiger partial charge on any atom is -0.376 e. The molecule has 2 aromatic carbocycles. The van der Waals surface area contributed by atoms with E-state index in [2.05, 4.69) is 50.5 Å². The monoisotopic (exact) mass is 296 g/mol. The van der Waals surface area contributed by atoms with E-state index in [1.807, 2.05) is 30.3 Å². The molecule has 0 bridgehead atoms. The van der Waals surface area contributed by atoms with Crippen molar-refractivity contribution < 1.29 is 4.79 Å². The van der Waals surface area contributed by atoms with Gasteiger partial charge >= 0.3 is 0 Å². The van der Waals surface area contributed by atoms with Crippen molar-refractivity contribution in [2.24, 2.45) is 0 Å². The highest BCUT2D eigenvalue weighted by Gasteiger charge is 2.09. The second kappa shape index (κ2) is 7.12. The summed E-state index contributed by atoms with van der Waals surface area (Å²) in [5.74, 6) is 0.345. The number of nitrogens with one attached hydrogen (secondary N) is 2. The quantitative estimate of drug-likeness (QED) is 0.854. The lowest BCUT2D eigenvalue weighted by molar-refractivity contribution is -0.114. The van der Waals surface area contributed by atoms with E-state index in [1.54, 1.807) is 0 Å². The smallest absolute Gasteiger partial charge is 0.243 e. The fraction of sp³-hybridized carbons (Fsp3) is 0.316. The summed E-state index contributed by atoms with van der Waals surface area (Å²) < 4.78 is 0. The van der Waals surface area contributed by atoms with E-state index in [-0.39, 0.29) is 12.5 Å². The van der Waals surface area contributed by atoms with Crippen molar-refractivity contribution in [3.05, 3.63) is 59.2 Å². The minimum atomic E-state index is -0.0333. The maximum Gasteiger partial charge on any atom is 0.243 e. The third kappa shape index (κ3) is 3.88. The van der Waals surface area contributed by atoms with Gasteiger partial charge in [0.05, 0.1) is 6.54 Å². The summed E-state index contributed by atoms with van der Waals surface area (Å²) in [5.41, 5.74) is 5.45. The van der Waals surface area contributed by atoms with Gasteiger partial charge in [0, 0.05) is 11.4 Å². The number of amides is 1. The largest absolute Gasteiger partial charge is 0.376 e. The van der Waals surface area contributed by atoms with Crippen LogP contribution in [0.3, 0.4) is 0 Å². The van der Waals surface area contributed by atoms with Gasteiger partial charge in [-0.1, -0.05) is 44.2 Å². The molecule has 0 fully saturated rings. The van der Waals surface area contributed by atoms with E-state index in [4.69, 9.17) is 0 Å². The summed E-state index contributed by atoms with van der Waals surface area (Å²) in [7, 11) is 0. The van der Waals surface area contributed by atoms with Gasteiger partial charge in [-0.05, 0) is 48.6 Å². The first kappa shape index (κ1) is 16.1. The summed E-state index contributed by atoms with van der Waals surface area (Å²) in [6.45, 7) is 8.64. The molecule has 116 valence electrons.